The van der Waals surface area contributed by atoms with Crippen molar-refractivity contribution in [2.24, 2.45) is 5.73 Å². The highest BCUT2D eigenvalue weighted by atomic mass is 35.5. The van der Waals surface area contributed by atoms with Crippen LogP contribution in [0, 0.1) is 5.82 Å². The molecule has 0 aliphatic heterocycles. The van der Waals surface area contributed by atoms with E-state index in [1.165, 1.54) is 0 Å². The van der Waals surface area contributed by atoms with Gasteiger partial charge in [0.15, 0.2) is 0 Å². The van der Waals surface area contributed by atoms with E-state index < -0.39 is 21.8 Å². The van der Waals surface area contributed by atoms with Crippen LogP contribution in [-0.4, -0.2) is 34.6 Å². The summed E-state index contributed by atoms with van der Waals surface area (Å²) in [7, 11) is -2.81. The molecular formula is C12H18ClFN2O4S. The van der Waals surface area contributed by atoms with E-state index >= 15 is 0 Å². The summed E-state index contributed by atoms with van der Waals surface area (Å²) in [4.78, 5) is 11.2. The van der Waals surface area contributed by atoms with Crippen LogP contribution < -0.4 is 10.5 Å². The highest BCUT2D eigenvalue weighted by Crippen LogP contribution is 2.18. The molecule has 6 nitrogen and oxygen atoms in total. The maximum absolute atomic E-state index is 13.1. The monoisotopic (exact) mass is 340 g/mol. The van der Waals surface area contributed by atoms with E-state index in [0.717, 1.165) is 25.3 Å². The third-order valence-electron chi connectivity index (χ3n) is 2.56. The zero-order valence-corrected chi connectivity index (χ0v) is 13.1. The Morgan fingerprint density at radius 1 is 1.38 bits per heavy atom. The molecule has 0 unspecified atom stereocenters. The van der Waals surface area contributed by atoms with Crippen molar-refractivity contribution in [2.45, 2.75) is 17.7 Å². The molecule has 1 aromatic carbocycles. The number of hydrogen-bond donors (Lipinski definition) is 2. The number of sulfonamides is 1. The molecule has 0 saturated heterocycles. The van der Waals surface area contributed by atoms with Crippen LogP contribution >= 0.6 is 12.4 Å². The summed E-state index contributed by atoms with van der Waals surface area (Å²) in [5.74, 6) is -1.63. The normalized spacial score (nSPS) is 10.8. The molecule has 120 valence electrons. The third kappa shape index (κ3) is 5.58. The number of nitrogens with two attached hydrogens (primary N) is 1. The molecular weight excluding hydrogens is 323 g/mol. The maximum atomic E-state index is 13.1. The van der Waals surface area contributed by atoms with Crippen LogP contribution in [0.25, 0.3) is 0 Å². The van der Waals surface area contributed by atoms with Crippen LogP contribution in [0.3, 0.4) is 0 Å². The minimum absolute atomic E-state index is 0. The second-order valence-electron chi connectivity index (χ2n) is 4.03. The number of unbranched alkanes of at least 4 members (excludes halogenated alkanes) is 1. The van der Waals surface area contributed by atoms with Gasteiger partial charge >= 0.3 is 5.97 Å². The van der Waals surface area contributed by atoms with Crippen LogP contribution in [0.15, 0.2) is 23.1 Å². The van der Waals surface area contributed by atoms with E-state index in [9.17, 15) is 17.6 Å². The summed E-state index contributed by atoms with van der Waals surface area (Å²) in [5, 5.41) is 0. The highest BCUT2D eigenvalue weighted by Gasteiger charge is 2.23. The SMILES string of the molecule is COC(=O)c1cc(F)ccc1S(=O)(=O)NCCCCN.Cl. The lowest BCUT2D eigenvalue weighted by Gasteiger charge is -2.10. The molecule has 0 heterocycles. The van der Waals surface area contributed by atoms with Crippen molar-refractivity contribution in [3.05, 3.63) is 29.6 Å². The van der Waals surface area contributed by atoms with Crippen molar-refractivity contribution in [3.63, 3.8) is 0 Å². The number of carbonyl (C=O) groups is 1. The van der Waals surface area contributed by atoms with E-state index in [4.69, 9.17) is 5.73 Å². The maximum Gasteiger partial charge on any atom is 0.339 e. The van der Waals surface area contributed by atoms with Gasteiger partial charge in [-0.05, 0) is 37.6 Å². The fraction of sp³-hybridized carbons (Fsp3) is 0.417. The number of nitrogens with one attached hydrogen (secondary N) is 1. The van der Waals surface area contributed by atoms with Crippen molar-refractivity contribution in [3.8, 4) is 0 Å². The van der Waals surface area contributed by atoms with Gasteiger partial charge < -0.3 is 10.5 Å². The molecule has 9 heteroatoms. The van der Waals surface area contributed by atoms with Crippen molar-refractivity contribution in [1.29, 1.82) is 0 Å². The number of esters is 1. The minimum atomic E-state index is -3.90. The van der Waals surface area contributed by atoms with Gasteiger partial charge in [-0.3, -0.25) is 0 Å². The Bertz CT molecular complexity index is 581. The Balaban J connectivity index is 0.00000400. The fourth-order valence-electron chi connectivity index (χ4n) is 1.56. The van der Waals surface area contributed by atoms with E-state index in [2.05, 4.69) is 9.46 Å². The van der Waals surface area contributed by atoms with E-state index in [1.54, 1.807) is 0 Å². The molecule has 3 N–H and O–H groups in total. The van der Waals surface area contributed by atoms with Crippen LogP contribution in [0.2, 0.25) is 0 Å². The second-order valence-corrected chi connectivity index (χ2v) is 5.76. The predicted octanol–water partition coefficient (Wildman–Crippen LogP) is 1.05. The topological polar surface area (TPSA) is 98.5 Å². The minimum Gasteiger partial charge on any atom is -0.465 e. The summed E-state index contributed by atoms with van der Waals surface area (Å²) in [5.41, 5.74) is 4.97. The first kappa shape index (κ1) is 19.8. The van der Waals surface area contributed by atoms with Gasteiger partial charge in [-0.15, -0.1) is 12.4 Å². The van der Waals surface area contributed by atoms with Crippen LogP contribution in [0.4, 0.5) is 4.39 Å². The van der Waals surface area contributed by atoms with Crippen molar-refractivity contribution in [1.82, 2.24) is 4.72 Å². The molecule has 21 heavy (non-hydrogen) atoms. The van der Waals surface area contributed by atoms with Gasteiger partial charge in [0, 0.05) is 6.54 Å². The first-order valence-corrected chi connectivity index (χ1v) is 7.48. The van der Waals surface area contributed by atoms with Gasteiger partial charge in [-0.2, -0.15) is 0 Å². The lowest BCUT2D eigenvalue weighted by molar-refractivity contribution is 0.0595. The van der Waals surface area contributed by atoms with Gasteiger partial charge in [0.1, 0.15) is 5.82 Å². The smallest absolute Gasteiger partial charge is 0.339 e. The summed E-state index contributed by atoms with van der Waals surface area (Å²) in [6, 6.07) is 2.84. The lowest BCUT2D eigenvalue weighted by atomic mass is 10.2. The van der Waals surface area contributed by atoms with E-state index in [0.29, 0.717) is 19.4 Å². The van der Waals surface area contributed by atoms with Gasteiger partial charge in [0.05, 0.1) is 17.6 Å². The van der Waals surface area contributed by atoms with E-state index in [-0.39, 0.29) is 29.4 Å². The Morgan fingerprint density at radius 2 is 2.05 bits per heavy atom. The van der Waals surface area contributed by atoms with E-state index in [1.807, 2.05) is 0 Å². The van der Waals surface area contributed by atoms with Crippen molar-refractivity contribution >= 4 is 28.4 Å². The second kappa shape index (κ2) is 8.93. The number of halogens is 2. The fourth-order valence-corrected chi connectivity index (χ4v) is 2.81. The summed E-state index contributed by atoms with van der Waals surface area (Å²) in [6.07, 6.45) is 1.25. The van der Waals surface area contributed by atoms with Crippen LogP contribution in [0.1, 0.15) is 23.2 Å². The lowest BCUT2D eigenvalue weighted by Crippen LogP contribution is -2.27. The third-order valence-corrected chi connectivity index (χ3v) is 4.08. The number of benzene rings is 1. The zero-order chi connectivity index (χ0) is 15.2. The summed E-state index contributed by atoms with van der Waals surface area (Å²) >= 11 is 0. The Hall–Kier alpha value is -1.22. The molecule has 0 amide bonds. The summed E-state index contributed by atoms with van der Waals surface area (Å²) < 4.78 is 44.1. The largest absolute Gasteiger partial charge is 0.465 e. The first-order chi connectivity index (χ1) is 9.42. The summed E-state index contributed by atoms with van der Waals surface area (Å²) in [6.45, 7) is 0.656. The van der Waals surface area contributed by atoms with Crippen molar-refractivity contribution in [2.75, 3.05) is 20.2 Å². The molecule has 0 aromatic heterocycles. The average molecular weight is 341 g/mol. The number of ether oxygens (including phenoxy) is 1. The van der Waals surface area contributed by atoms with Crippen molar-refractivity contribution < 1.29 is 22.3 Å². The number of carbonyl (C=O) groups excluding carboxylic acids is 1. The van der Waals surface area contributed by atoms with Gasteiger partial charge in [-0.1, -0.05) is 0 Å². The predicted molar refractivity (Wildman–Crippen MR) is 78.5 cm³/mol. The Kier molecular flexibility index (Phi) is 8.41. The number of methoxy groups -OCH3 is 1. The average Bonchev–Trinajstić information content (AvgIpc) is 2.42. The zero-order valence-electron chi connectivity index (χ0n) is 11.5. The molecule has 1 rings (SSSR count). The van der Waals surface area contributed by atoms with Gasteiger partial charge in [0.25, 0.3) is 0 Å². The molecule has 0 spiro atoms. The molecule has 0 fully saturated rings. The standard InChI is InChI=1S/C12H17FN2O4S.ClH/c1-19-12(16)10-8-9(13)4-5-11(10)20(17,18)15-7-3-2-6-14;/h4-5,8,15H,2-3,6-7,14H2,1H3;1H. The number of hydrogen-bond acceptors (Lipinski definition) is 5. The quantitative estimate of drug-likeness (QED) is 0.571. The molecule has 0 aliphatic carbocycles. The first-order valence-electron chi connectivity index (χ1n) is 6.00. The van der Waals surface area contributed by atoms with Crippen LogP contribution in [-0.2, 0) is 14.8 Å². The highest BCUT2D eigenvalue weighted by molar-refractivity contribution is 7.89. The molecule has 0 aliphatic rings. The molecule has 0 saturated carbocycles. The number of rotatable bonds is 7. The Labute approximate surface area is 129 Å². The van der Waals surface area contributed by atoms with Gasteiger partial charge in [-0.25, -0.2) is 22.3 Å². The molecule has 1 aromatic rings. The Morgan fingerprint density at radius 3 is 2.62 bits per heavy atom. The molecule has 0 atom stereocenters. The molecule has 0 radical (unpaired) electrons. The van der Waals surface area contributed by atoms with Gasteiger partial charge in [0.2, 0.25) is 10.0 Å². The molecule has 0 bridgehead atoms. The van der Waals surface area contributed by atoms with Crippen LogP contribution in [0.5, 0.6) is 0 Å².